The molecule has 0 spiro atoms. The van der Waals surface area contributed by atoms with Gasteiger partial charge in [-0.1, -0.05) is 18.5 Å². The van der Waals surface area contributed by atoms with Crippen molar-refractivity contribution in [2.24, 2.45) is 11.7 Å². The Bertz CT molecular complexity index is 2000. The van der Waals surface area contributed by atoms with Gasteiger partial charge in [0.25, 0.3) is 11.5 Å². The lowest BCUT2D eigenvalue weighted by molar-refractivity contribution is -0.116. The number of halogens is 2. The number of fused-ring (bicyclic) bond motifs is 3. The number of phenols is 1. The highest BCUT2D eigenvalue weighted by molar-refractivity contribution is 6.33. The van der Waals surface area contributed by atoms with Crippen molar-refractivity contribution in [3.8, 4) is 28.4 Å². The lowest BCUT2D eigenvalue weighted by Crippen LogP contribution is -2.44. The van der Waals surface area contributed by atoms with Crippen LogP contribution in [-0.4, -0.2) is 80.9 Å². The second-order valence-corrected chi connectivity index (χ2v) is 12.2. The Morgan fingerprint density at radius 3 is 2.63 bits per heavy atom. The number of rotatable bonds is 6. The van der Waals surface area contributed by atoms with E-state index in [4.69, 9.17) is 31.8 Å². The van der Waals surface area contributed by atoms with Crippen molar-refractivity contribution in [2.75, 3.05) is 50.2 Å². The Labute approximate surface area is 266 Å². The molecule has 14 nitrogen and oxygen atoms in total. The molecule has 4 N–H and O–H groups in total. The van der Waals surface area contributed by atoms with Gasteiger partial charge in [0.05, 0.1) is 16.6 Å². The fourth-order valence-corrected chi connectivity index (χ4v) is 6.37. The van der Waals surface area contributed by atoms with Crippen LogP contribution < -0.4 is 31.0 Å². The summed E-state index contributed by atoms with van der Waals surface area (Å²) in [6, 6.07) is 2.86. The highest BCUT2D eigenvalue weighted by atomic mass is 35.5. The van der Waals surface area contributed by atoms with Gasteiger partial charge in [-0.2, -0.15) is 4.39 Å². The van der Waals surface area contributed by atoms with Crippen molar-refractivity contribution in [2.45, 2.75) is 26.4 Å². The molecular formula is C30H30ClFN8O6. The number of hydrogen-bond donors (Lipinski definition) is 3. The SMILES string of the molecule is CC1Cc2nc3c(c(-c4cc(C(N)=O)c(O)c5c4OCO5)cn3CC(=O)Nc3cc(N4CCN(C)CC4)nc(F)c3Cl)c(=O)n2C1. The van der Waals surface area contributed by atoms with E-state index in [-0.39, 0.29) is 69.2 Å². The molecule has 1 saturated heterocycles. The van der Waals surface area contributed by atoms with Crippen molar-refractivity contribution in [3.63, 3.8) is 0 Å². The van der Waals surface area contributed by atoms with E-state index in [1.807, 2.05) is 18.9 Å². The van der Waals surface area contributed by atoms with Gasteiger partial charge >= 0.3 is 0 Å². The van der Waals surface area contributed by atoms with Gasteiger partial charge in [0, 0.05) is 62.5 Å². The third-order valence-electron chi connectivity index (χ3n) is 8.57. The zero-order valence-electron chi connectivity index (χ0n) is 25.0. The first kappa shape index (κ1) is 29.8. The highest BCUT2D eigenvalue weighted by Crippen LogP contribution is 2.50. The summed E-state index contributed by atoms with van der Waals surface area (Å²) in [5.41, 5.74) is 5.80. The predicted molar refractivity (Wildman–Crippen MR) is 166 cm³/mol. The van der Waals surface area contributed by atoms with Crippen molar-refractivity contribution in [3.05, 3.63) is 51.0 Å². The molecule has 240 valence electrons. The summed E-state index contributed by atoms with van der Waals surface area (Å²) in [4.78, 5) is 52.5. The topological polar surface area (TPSA) is 170 Å². The average Bonchev–Trinajstić information content (AvgIpc) is 3.74. The zero-order valence-corrected chi connectivity index (χ0v) is 25.7. The van der Waals surface area contributed by atoms with Crippen LogP contribution in [0.1, 0.15) is 23.1 Å². The minimum atomic E-state index is -0.915. The van der Waals surface area contributed by atoms with Gasteiger partial charge in [0.15, 0.2) is 11.5 Å². The number of carbonyl (C=O) groups is 2. The minimum Gasteiger partial charge on any atom is -0.504 e. The lowest BCUT2D eigenvalue weighted by Gasteiger charge is -2.33. The molecule has 46 heavy (non-hydrogen) atoms. The molecule has 1 fully saturated rings. The zero-order chi connectivity index (χ0) is 32.4. The highest BCUT2D eigenvalue weighted by Gasteiger charge is 2.32. The van der Waals surface area contributed by atoms with Crippen LogP contribution >= 0.6 is 11.6 Å². The van der Waals surface area contributed by atoms with Crippen molar-refractivity contribution < 1.29 is 28.6 Å². The van der Waals surface area contributed by atoms with Crippen LogP contribution in [0.3, 0.4) is 0 Å². The van der Waals surface area contributed by atoms with Gasteiger partial charge in [-0.3, -0.25) is 19.0 Å². The van der Waals surface area contributed by atoms with Crippen molar-refractivity contribution >= 4 is 46.0 Å². The number of nitrogens with one attached hydrogen (secondary N) is 1. The molecule has 2 amide bonds. The first-order valence-corrected chi connectivity index (χ1v) is 15.1. The predicted octanol–water partition coefficient (Wildman–Crippen LogP) is 2.17. The van der Waals surface area contributed by atoms with Gasteiger partial charge in [-0.25, -0.2) is 9.97 Å². The smallest absolute Gasteiger partial charge is 0.263 e. The Kier molecular flexibility index (Phi) is 7.24. The summed E-state index contributed by atoms with van der Waals surface area (Å²) in [7, 11) is 2.00. The maximum atomic E-state index is 14.8. The van der Waals surface area contributed by atoms with E-state index in [9.17, 15) is 23.9 Å². The van der Waals surface area contributed by atoms with E-state index in [0.29, 0.717) is 43.3 Å². The van der Waals surface area contributed by atoms with Crippen LogP contribution in [-0.2, 0) is 24.3 Å². The molecule has 3 aromatic heterocycles. The molecule has 7 rings (SSSR count). The van der Waals surface area contributed by atoms with Gasteiger partial charge in [-0.15, -0.1) is 0 Å². The van der Waals surface area contributed by atoms with Gasteiger partial charge in [0.2, 0.25) is 24.4 Å². The quantitative estimate of drug-likeness (QED) is 0.262. The van der Waals surface area contributed by atoms with E-state index in [0.717, 1.165) is 13.1 Å². The Morgan fingerprint density at radius 2 is 1.89 bits per heavy atom. The summed E-state index contributed by atoms with van der Waals surface area (Å²) in [5.74, 6) is -1.75. The monoisotopic (exact) mass is 652 g/mol. The Morgan fingerprint density at radius 1 is 1.15 bits per heavy atom. The number of likely N-dealkylation sites (N-methyl/N-ethyl adjacent to an activating group) is 1. The van der Waals surface area contributed by atoms with E-state index in [1.54, 1.807) is 10.8 Å². The van der Waals surface area contributed by atoms with Crippen LogP contribution in [0.25, 0.3) is 22.2 Å². The van der Waals surface area contributed by atoms with Crippen LogP contribution in [0.4, 0.5) is 15.9 Å². The number of nitrogens with two attached hydrogens (primary N) is 1. The molecular weight excluding hydrogens is 623 g/mol. The third kappa shape index (κ3) is 4.95. The molecule has 4 aromatic rings. The molecule has 1 atom stereocenters. The van der Waals surface area contributed by atoms with Crippen molar-refractivity contribution in [1.82, 2.24) is 24.0 Å². The summed E-state index contributed by atoms with van der Waals surface area (Å²) in [6.45, 7) is 4.72. The standard InChI is InChI=1S/C30H30ClFN8O6/c1-14-7-20-36-29-22(30(44)40(20)10-14)17(15-8-16(28(33)43)24(42)26-25(15)45-13-46-26)11-39(29)12-21(41)34-18-9-19(35-27(32)23(18)31)38-5-3-37(2)4-6-38/h8-9,11,14,42H,3-7,10,12-13H2,1-2H3,(H2,33,43)(H,34,35,41). The molecule has 6 heterocycles. The van der Waals surface area contributed by atoms with Crippen LogP contribution in [0.15, 0.2) is 23.1 Å². The maximum absolute atomic E-state index is 14.8. The summed E-state index contributed by atoms with van der Waals surface area (Å²) < 4.78 is 29.0. The molecule has 1 unspecified atom stereocenters. The van der Waals surface area contributed by atoms with E-state index in [2.05, 4.69) is 15.2 Å². The average molecular weight is 653 g/mol. The fraction of sp³-hybridized carbons (Fsp3) is 0.367. The van der Waals surface area contributed by atoms with E-state index < -0.39 is 23.5 Å². The Balaban J connectivity index is 1.30. The second-order valence-electron chi connectivity index (χ2n) is 11.8. The molecule has 0 radical (unpaired) electrons. The van der Waals surface area contributed by atoms with Crippen LogP contribution in [0, 0.1) is 11.9 Å². The number of aromatic hydroxyl groups is 1. The second kappa shape index (κ2) is 11.2. The molecule has 0 saturated carbocycles. The lowest BCUT2D eigenvalue weighted by atomic mass is 10.00. The van der Waals surface area contributed by atoms with E-state index >= 15 is 0 Å². The number of pyridine rings is 1. The Hall–Kier alpha value is -4.89. The molecule has 1 aromatic carbocycles. The summed E-state index contributed by atoms with van der Waals surface area (Å²) in [6.07, 6.45) is 2.11. The number of hydrogen-bond acceptors (Lipinski definition) is 10. The largest absolute Gasteiger partial charge is 0.504 e. The number of nitrogens with zero attached hydrogens (tertiary/aromatic N) is 6. The van der Waals surface area contributed by atoms with Crippen molar-refractivity contribution in [1.29, 1.82) is 0 Å². The molecule has 3 aliphatic rings. The number of aromatic nitrogens is 4. The fourth-order valence-electron chi connectivity index (χ4n) is 6.23. The summed E-state index contributed by atoms with van der Waals surface area (Å²) in [5, 5.41) is 13.1. The van der Waals surface area contributed by atoms with Gasteiger partial charge in [-0.05, 0) is 19.0 Å². The number of anilines is 2. The first-order valence-electron chi connectivity index (χ1n) is 14.7. The van der Waals surface area contributed by atoms with Gasteiger partial charge < -0.3 is 40.0 Å². The van der Waals surface area contributed by atoms with E-state index in [1.165, 1.54) is 16.7 Å². The molecule has 3 aliphatic heterocycles. The number of primary amides is 1. The normalized spacial score (nSPS) is 17.5. The number of ether oxygens (including phenoxy) is 2. The molecule has 0 aliphatic carbocycles. The third-order valence-corrected chi connectivity index (χ3v) is 8.93. The van der Waals surface area contributed by atoms with Crippen LogP contribution in [0.5, 0.6) is 17.2 Å². The summed E-state index contributed by atoms with van der Waals surface area (Å²) >= 11 is 6.23. The van der Waals surface area contributed by atoms with Crippen LogP contribution in [0.2, 0.25) is 5.02 Å². The maximum Gasteiger partial charge on any atom is 0.263 e. The molecule has 0 bridgehead atoms. The number of benzene rings is 1. The van der Waals surface area contributed by atoms with Gasteiger partial charge in [0.1, 0.15) is 28.9 Å². The number of piperazine rings is 1. The minimum absolute atomic E-state index is 0.0560. The number of carbonyl (C=O) groups excluding carboxylic acids is 2. The first-order chi connectivity index (χ1) is 22.0. The molecule has 16 heteroatoms. The number of amides is 2.